The van der Waals surface area contributed by atoms with E-state index in [0.29, 0.717) is 0 Å². The van der Waals surface area contributed by atoms with Gasteiger partial charge in [0, 0.05) is 12.1 Å². The maximum absolute atomic E-state index is 13.3. The highest BCUT2D eigenvalue weighted by Gasteiger charge is 2.44. The fraction of sp³-hybridized carbons (Fsp3) is 0.143. The fourth-order valence-corrected chi connectivity index (χ4v) is 2.61. The summed E-state index contributed by atoms with van der Waals surface area (Å²) >= 11 is 0. The van der Waals surface area contributed by atoms with Gasteiger partial charge >= 0.3 is 6.18 Å². The third-order valence-electron chi connectivity index (χ3n) is 3.64. The first kappa shape index (κ1) is 16.3. The van der Waals surface area contributed by atoms with Gasteiger partial charge in [0.25, 0.3) is 5.69 Å². The number of alkyl halides is 3. The zero-order valence-electron chi connectivity index (χ0n) is 12.2. The van der Waals surface area contributed by atoms with Crippen molar-refractivity contribution in [3.05, 3.63) is 62.7 Å². The average Bonchev–Trinajstić information content (AvgIpc) is 2.97. The fourth-order valence-electron chi connectivity index (χ4n) is 2.61. The monoisotopic (exact) mass is 351 g/mol. The molecule has 2 aromatic rings. The van der Waals surface area contributed by atoms with Crippen LogP contribution in [0.15, 0.2) is 35.7 Å². The number of ether oxygens (including phenoxy) is 1. The smallest absolute Gasteiger partial charge is 0.420 e. The minimum absolute atomic E-state index is 0.0881. The van der Waals surface area contributed by atoms with Gasteiger partial charge in [0.15, 0.2) is 0 Å². The zero-order valence-corrected chi connectivity index (χ0v) is 12.2. The third-order valence-corrected chi connectivity index (χ3v) is 3.64. The third kappa shape index (κ3) is 2.63. The van der Waals surface area contributed by atoms with Crippen LogP contribution in [0.5, 0.6) is 5.88 Å². The van der Waals surface area contributed by atoms with E-state index in [1.165, 1.54) is 18.2 Å². The summed E-state index contributed by atoms with van der Waals surface area (Å²) in [5.74, 6) is -2.14. The molecule has 2 heterocycles. The highest BCUT2D eigenvalue weighted by molar-refractivity contribution is 5.56. The lowest BCUT2D eigenvalue weighted by Crippen LogP contribution is -2.22. The molecular formula is C14H8F3N5O3. The summed E-state index contributed by atoms with van der Waals surface area (Å²) in [5, 5.41) is 25.6. The number of allylic oxidation sites excluding steroid dienone is 1. The van der Waals surface area contributed by atoms with Crippen molar-refractivity contribution in [2.45, 2.75) is 12.1 Å². The Hall–Kier alpha value is -3.55. The molecule has 1 aromatic heterocycles. The van der Waals surface area contributed by atoms with E-state index in [1.54, 1.807) is 6.07 Å². The van der Waals surface area contributed by atoms with Gasteiger partial charge in [-0.1, -0.05) is 12.1 Å². The van der Waals surface area contributed by atoms with Crippen LogP contribution in [0.1, 0.15) is 22.7 Å². The van der Waals surface area contributed by atoms with Crippen molar-refractivity contribution in [1.29, 1.82) is 5.26 Å². The summed E-state index contributed by atoms with van der Waals surface area (Å²) < 4.78 is 44.8. The number of rotatable bonds is 2. The highest BCUT2D eigenvalue weighted by Crippen LogP contribution is 2.47. The van der Waals surface area contributed by atoms with Gasteiger partial charge in [0.2, 0.25) is 11.8 Å². The van der Waals surface area contributed by atoms with Crippen LogP contribution in [-0.2, 0) is 6.18 Å². The number of non-ortho nitro benzene ring substituents is 1. The molecule has 1 aromatic carbocycles. The van der Waals surface area contributed by atoms with Crippen molar-refractivity contribution in [1.82, 2.24) is 10.2 Å². The predicted molar refractivity (Wildman–Crippen MR) is 76.0 cm³/mol. The van der Waals surface area contributed by atoms with Crippen LogP contribution >= 0.6 is 0 Å². The summed E-state index contributed by atoms with van der Waals surface area (Å²) in [6.07, 6.45) is -4.80. The zero-order chi connectivity index (χ0) is 18.4. The van der Waals surface area contributed by atoms with Gasteiger partial charge in [-0.25, -0.2) is 0 Å². The number of fused-ring (bicyclic) bond motifs is 1. The Morgan fingerprint density at radius 2 is 2.16 bits per heavy atom. The van der Waals surface area contributed by atoms with Gasteiger partial charge in [0.1, 0.15) is 17.3 Å². The van der Waals surface area contributed by atoms with Crippen molar-refractivity contribution in [2.75, 3.05) is 0 Å². The van der Waals surface area contributed by atoms with Gasteiger partial charge in [0.05, 0.1) is 16.4 Å². The summed E-state index contributed by atoms with van der Waals surface area (Å²) in [6.45, 7) is 0. The van der Waals surface area contributed by atoms with Crippen LogP contribution in [-0.4, -0.2) is 15.1 Å². The van der Waals surface area contributed by atoms with E-state index in [1.807, 2.05) is 5.10 Å². The Balaban J connectivity index is 2.28. The van der Waals surface area contributed by atoms with Crippen molar-refractivity contribution < 1.29 is 22.8 Å². The average molecular weight is 351 g/mol. The van der Waals surface area contributed by atoms with E-state index in [4.69, 9.17) is 10.5 Å². The SMILES string of the molecule is N#CC1=C(N)Oc2n[nH]c(C(F)(F)F)c2[C@H]1c1cccc([N+](=O)[O-])c1. The first-order valence-electron chi connectivity index (χ1n) is 6.71. The number of benzene rings is 1. The molecule has 1 aliphatic rings. The van der Waals surface area contributed by atoms with Crippen molar-refractivity contribution in [2.24, 2.45) is 5.73 Å². The summed E-state index contributed by atoms with van der Waals surface area (Å²) in [5.41, 5.74) is 3.42. The van der Waals surface area contributed by atoms with E-state index < -0.39 is 40.0 Å². The molecule has 1 aliphatic heterocycles. The number of nitrogens with zero attached hydrogens (tertiary/aromatic N) is 3. The first-order valence-corrected chi connectivity index (χ1v) is 6.71. The predicted octanol–water partition coefficient (Wildman–Crippen LogP) is 2.55. The quantitative estimate of drug-likeness (QED) is 0.631. The second kappa shape index (κ2) is 5.52. The molecule has 8 nitrogen and oxygen atoms in total. The second-order valence-corrected chi connectivity index (χ2v) is 5.09. The number of nitrogens with two attached hydrogens (primary N) is 1. The lowest BCUT2D eigenvalue weighted by molar-refractivity contribution is -0.384. The molecule has 0 aliphatic carbocycles. The Bertz CT molecular complexity index is 942. The second-order valence-electron chi connectivity index (χ2n) is 5.09. The molecular weight excluding hydrogens is 343 g/mol. The highest BCUT2D eigenvalue weighted by atomic mass is 19.4. The number of H-pyrrole nitrogens is 1. The Morgan fingerprint density at radius 1 is 1.44 bits per heavy atom. The molecule has 3 rings (SSSR count). The van der Waals surface area contributed by atoms with Gasteiger partial charge in [-0.2, -0.15) is 18.4 Å². The number of halogens is 3. The number of hydrogen-bond acceptors (Lipinski definition) is 6. The van der Waals surface area contributed by atoms with E-state index in [9.17, 15) is 28.5 Å². The van der Waals surface area contributed by atoms with Crippen molar-refractivity contribution in [3.8, 4) is 11.9 Å². The number of aromatic nitrogens is 2. The normalized spacial score (nSPS) is 16.8. The standard InChI is InChI=1S/C14H8F3N5O3/c15-14(16,17)11-10-9(6-2-1-3-7(4-6)22(23)24)8(5-18)12(19)25-13(10)21-20-11/h1-4,9H,19H2,(H,20,21)/t9-/m0/s1. The van der Waals surface area contributed by atoms with E-state index in [-0.39, 0.29) is 16.8 Å². The van der Waals surface area contributed by atoms with Gasteiger partial charge in [-0.15, -0.1) is 5.10 Å². The van der Waals surface area contributed by atoms with E-state index in [2.05, 4.69) is 5.10 Å². The van der Waals surface area contributed by atoms with Crippen LogP contribution in [0.3, 0.4) is 0 Å². The molecule has 0 amide bonds. The molecule has 0 bridgehead atoms. The Labute approximate surface area is 137 Å². The molecule has 3 N–H and O–H groups in total. The van der Waals surface area contributed by atoms with Crippen LogP contribution in [0.2, 0.25) is 0 Å². The van der Waals surface area contributed by atoms with E-state index >= 15 is 0 Å². The molecule has 128 valence electrons. The number of nitro benzene ring substituents is 1. The first-order chi connectivity index (χ1) is 11.7. The topological polar surface area (TPSA) is 131 Å². The molecule has 0 fully saturated rings. The number of nitriles is 1. The molecule has 11 heteroatoms. The molecule has 0 spiro atoms. The van der Waals surface area contributed by atoms with Crippen LogP contribution < -0.4 is 10.5 Å². The largest absolute Gasteiger partial charge is 0.433 e. The van der Waals surface area contributed by atoms with Gasteiger partial charge in [-0.05, 0) is 5.56 Å². The lowest BCUT2D eigenvalue weighted by atomic mass is 9.84. The summed E-state index contributed by atoms with van der Waals surface area (Å²) in [6, 6.07) is 6.65. The lowest BCUT2D eigenvalue weighted by Gasteiger charge is -2.24. The van der Waals surface area contributed by atoms with Crippen molar-refractivity contribution in [3.63, 3.8) is 0 Å². The number of nitrogens with one attached hydrogen (secondary N) is 1. The molecule has 1 atom stereocenters. The minimum atomic E-state index is -4.80. The number of aromatic amines is 1. The molecule has 25 heavy (non-hydrogen) atoms. The summed E-state index contributed by atoms with van der Waals surface area (Å²) in [7, 11) is 0. The summed E-state index contributed by atoms with van der Waals surface area (Å²) in [4.78, 5) is 10.3. The van der Waals surface area contributed by atoms with Crippen LogP contribution in [0.4, 0.5) is 18.9 Å². The molecule has 0 radical (unpaired) electrons. The van der Waals surface area contributed by atoms with Gasteiger partial charge < -0.3 is 10.5 Å². The molecule has 0 unspecified atom stereocenters. The minimum Gasteiger partial charge on any atom is -0.420 e. The maximum Gasteiger partial charge on any atom is 0.433 e. The number of nitro groups is 1. The molecule has 0 saturated carbocycles. The van der Waals surface area contributed by atoms with Crippen LogP contribution in [0.25, 0.3) is 0 Å². The van der Waals surface area contributed by atoms with Crippen molar-refractivity contribution >= 4 is 5.69 Å². The Kier molecular flexibility index (Phi) is 3.60. The van der Waals surface area contributed by atoms with E-state index in [0.717, 1.165) is 6.07 Å². The maximum atomic E-state index is 13.3. The Morgan fingerprint density at radius 3 is 2.76 bits per heavy atom. The molecule has 0 saturated heterocycles. The van der Waals surface area contributed by atoms with Crippen LogP contribution in [0, 0.1) is 21.4 Å². The van der Waals surface area contributed by atoms with Gasteiger partial charge in [-0.3, -0.25) is 15.2 Å². The number of hydrogen-bond donors (Lipinski definition) is 2.